The van der Waals surface area contributed by atoms with Crippen LogP contribution in [-0.4, -0.2) is 38.6 Å². The molecule has 3 aromatic rings. The highest BCUT2D eigenvalue weighted by atomic mass is 32.2. The molecule has 0 unspecified atom stereocenters. The van der Waals surface area contributed by atoms with Gasteiger partial charge in [-0.3, -0.25) is 9.59 Å². The molecule has 2 N–H and O–H groups in total. The van der Waals surface area contributed by atoms with Crippen molar-refractivity contribution in [3.63, 3.8) is 0 Å². The molecule has 2 amide bonds. The van der Waals surface area contributed by atoms with Crippen molar-refractivity contribution in [2.24, 2.45) is 0 Å². The standard InChI is InChI=1S/C23H25N5O4S/c1-4-28-20(14(2)24-22(30)16-8-6-5-7-9-16)26-27-23(28)33-15(3)21(29)25-17-10-11-18-19(12-17)32-13-31-18/h5-12,14-15H,4,13H2,1-3H3,(H,24,30)(H,25,29)/t14-,15+/m0/s1. The van der Waals surface area contributed by atoms with Crippen molar-refractivity contribution in [3.8, 4) is 11.5 Å². The Bertz CT molecular complexity index is 1150. The monoisotopic (exact) mass is 467 g/mol. The number of amides is 2. The second-order valence-electron chi connectivity index (χ2n) is 7.46. The van der Waals surface area contributed by atoms with E-state index in [-0.39, 0.29) is 24.6 Å². The number of nitrogens with one attached hydrogen (secondary N) is 2. The zero-order valence-electron chi connectivity index (χ0n) is 18.6. The average molecular weight is 468 g/mol. The van der Waals surface area contributed by atoms with E-state index in [9.17, 15) is 9.59 Å². The minimum atomic E-state index is -0.424. The van der Waals surface area contributed by atoms with E-state index in [1.165, 1.54) is 11.8 Å². The predicted molar refractivity (Wildman–Crippen MR) is 125 cm³/mol. The molecule has 2 heterocycles. The zero-order chi connectivity index (χ0) is 23.4. The van der Waals surface area contributed by atoms with Crippen LogP contribution in [0.4, 0.5) is 5.69 Å². The highest BCUT2D eigenvalue weighted by molar-refractivity contribution is 8.00. The third-order valence-electron chi connectivity index (χ3n) is 5.12. The molecule has 0 fully saturated rings. The molecule has 172 valence electrons. The van der Waals surface area contributed by atoms with Gasteiger partial charge < -0.3 is 24.7 Å². The van der Waals surface area contributed by atoms with Crippen molar-refractivity contribution in [2.75, 3.05) is 12.1 Å². The fourth-order valence-corrected chi connectivity index (χ4v) is 4.29. The van der Waals surface area contributed by atoms with E-state index in [0.717, 1.165) is 0 Å². The van der Waals surface area contributed by atoms with Gasteiger partial charge in [-0.1, -0.05) is 30.0 Å². The SMILES string of the molecule is CCn1c(S[C@H](C)C(=O)Nc2ccc3c(c2)OCO3)nnc1[C@H](C)NC(=O)c1ccccc1. The quantitative estimate of drug-likeness (QED) is 0.487. The van der Waals surface area contributed by atoms with Gasteiger partial charge >= 0.3 is 0 Å². The number of nitrogens with zero attached hydrogens (tertiary/aromatic N) is 3. The Morgan fingerprint density at radius 2 is 1.85 bits per heavy atom. The van der Waals surface area contributed by atoms with Gasteiger partial charge in [0.2, 0.25) is 12.7 Å². The zero-order valence-corrected chi connectivity index (χ0v) is 19.4. The molecular weight excluding hydrogens is 442 g/mol. The third-order valence-corrected chi connectivity index (χ3v) is 6.20. The molecule has 2 atom stereocenters. The molecule has 10 heteroatoms. The van der Waals surface area contributed by atoms with Gasteiger partial charge in [-0.15, -0.1) is 10.2 Å². The summed E-state index contributed by atoms with van der Waals surface area (Å²) in [7, 11) is 0. The molecule has 1 aliphatic rings. The summed E-state index contributed by atoms with van der Waals surface area (Å²) >= 11 is 1.31. The first-order valence-corrected chi connectivity index (χ1v) is 11.5. The maximum absolute atomic E-state index is 12.7. The summed E-state index contributed by atoms with van der Waals surface area (Å²) in [6, 6.07) is 13.9. The van der Waals surface area contributed by atoms with Gasteiger partial charge in [-0.05, 0) is 45.0 Å². The van der Waals surface area contributed by atoms with Gasteiger partial charge in [0.1, 0.15) is 0 Å². The summed E-state index contributed by atoms with van der Waals surface area (Å²) in [5.74, 6) is 1.55. The maximum atomic E-state index is 12.7. The van der Waals surface area contributed by atoms with Crippen molar-refractivity contribution in [1.82, 2.24) is 20.1 Å². The molecule has 1 aromatic heterocycles. The number of thioether (sulfide) groups is 1. The minimum absolute atomic E-state index is 0.170. The Hall–Kier alpha value is -3.53. The molecule has 1 aliphatic heterocycles. The Balaban J connectivity index is 1.40. The van der Waals surface area contributed by atoms with Gasteiger partial charge in [0.15, 0.2) is 22.5 Å². The molecule has 0 bridgehead atoms. The van der Waals surface area contributed by atoms with Crippen LogP contribution in [0.5, 0.6) is 11.5 Å². The van der Waals surface area contributed by atoms with Gasteiger partial charge in [0, 0.05) is 23.9 Å². The lowest BCUT2D eigenvalue weighted by Crippen LogP contribution is -2.29. The fraction of sp³-hybridized carbons (Fsp3) is 0.304. The molecule has 0 saturated heterocycles. The number of aromatic nitrogens is 3. The van der Waals surface area contributed by atoms with Crippen LogP contribution in [0.3, 0.4) is 0 Å². The molecule has 0 radical (unpaired) electrons. The molecule has 4 rings (SSSR count). The van der Waals surface area contributed by atoms with E-state index >= 15 is 0 Å². The van der Waals surface area contributed by atoms with Crippen LogP contribution in [0.2, 0.25) is 0 Å². The van der Waals surface area contributed by atoms with Gasteiger partial charge in [-0.2, -0.15) is 0 Å². The van der Waals surface area contributed by atoms with Gasteiger partial charge in [-0.25, -0.2) is 0 Å². The summed E-state index contributed by atoms with van der Waals surface area (Å²) in [5, 5.41) is 14.6. The number of hydrogen-bond acceptors (Lipinski definition) is 7. The summed E-state index contributed by atoms with van der Waals surface area (Å²) in [4.78, 5) is 25.2. The maximum Gasteiger partial charge on any atom is 0.251 e. The van der Waals surface area contributed by atoms with Crippen molar-refractivity contribution < 1.29 is 19.1 Å². The summed E-state index contributed by atoms with van der Waals surface area (Å²) in [6.07, 6.45) is 0. The molecule has 33 heavy (non-hydrogen) atoms. The lowest BCUT2D eigenvalue weighted by atomic mass is 10.2. The fourth-order valence-electron chi connectivity index (χ4n) is 3.37. The van der Waals surface area contributed by atoms with E-state index in [0.29, 0.717) is 40.3 Å². The lowest BCUT2D eigenvalue weighted by molar-refractivity contribution is -0.115. The normalized spacial score (nSPS) is 13.9. The molecule has 0 spiro atoms. The van der Waals surface area contributed by atoms with Crippen LogP contribution in [-0.2, 0) is 11.3 Å². The first-order valence-electron chi connectivity index (χ1n) is 10.6. The van der Waals surface area contributed by atoms with E-state index in [4.69, 9.17) is 9.47 Å². The van der Waals surface area contributed by atoms with Crippen molar-refractivity contribution in [3.05, 3.63) is 59.9 Å². The number of ether oxygens (including phenoxy) is 2. The summed E-state index contributed by atoms with van der Waals surface area (Å²) in [6.45, 7) is 6.42. The van der Waals surface area contributed by atoms with E-state index in [1.54, 1.807) is 30.3 Å². The summed E-state index contributed by atoms with van der Waals surface area (Å²) in [5.41, 5.74) is 1.21. The second-order valence-corrected chi connectivity index (χ2v) is 8.77. The smallest absolute Gasteiger partial charge is 0.251 e. The van der Waals surface area contributed by atoms with Crippen molar-refractivity contribution in [2.45, 2.75) is 43.8 Å². The average Bonchev–Trinajstić information content (AvgIpc) is 3.45. The number of hydrogen-bond donors (Lipinski definition) is 2. The van der Waals surface area contributed by atoms with Crippen molar-refractivity contribution >= 4 is 29.3 Å². The predicted octanol–water partition coefficient (Wildman–Crippen LogP) is 3.64. The number of rotatable bonds is 8. The Morgan fingerprint density at radius 3 is 2.61 bits per heavy atom. The third kappa shape index (κ3) is 5.11. The molecule has 0 aliphatic carbocycles. The molecule has 9 nitrogen and oxygen atoms in total. The number of carbonyl (C=O) groups excluding carboxylic acids is 2. The number of anilines is 1. The topological polar surface area (TPSA) is 107 Å². The number of fused-ring (bicyclic) bond motifs is 1. The van der Waals surface area contributed by atoms with Crippen molar-refractivity contribution in [1.29, 1.82) is 0 Å². The number of carbonyl (C=O) groups is 2. The van der Waals surface area contributed by atoms with Gasteiger partial charge in [0.25, 0.3) is 5.91 Å². The lowest BCUT2D eigenvalue weighted by Gasteiger charge is -2.16. The van der Waals surface area contributed by atoms with Crippen LogP contribution >= 0.6 is 11.8 Å². The van der Waals surface area contributed by atoms with Crippen LogP contribution in [0.25, 0.3) is 0 Å². The van der Waals surface area contributed by atoms with E-state index in [2.05, 4.69) is 20.8 Å². The highest BCUT2D eigenvalue weighted by Gasteiger charge is 2.23. The van der Waals surface area contributed by atoms with Crippen LogP contribution in [0.15, 0.2) is 53.7 Å². The van der Waals surface area contributed by atoms with Crippen LogP contribution in [0.1, 0.15) is 43.0 Å². The van der Waals surface area contributed by atoms with E-state index < -0.39 is 5.25 Å². The Morgan fingerprint density at radius 1 is 1.09 bits per heavy atom. The summed E-state index contributed by atoms with van der Waals surface area (Å²) < 4.78 is 12.6. The second kappa shape index (κ2) is 9.95. The van der Waals surface area contributed by atoms with Crippen LogP contribution in [0, 0.1) is 0 Å². The van der Waals surface area contributed by atoms with Crippen LogP contribution < -0.4 is 20.1 Å². The van der Waals surface area contributed by atoms with Gasteiger partial charge in [0.05, 0.1) is 11.3 Å². The minimum Gasteiger partial charge on any atom is -0.454 e. The first kappa shape index (κ1) is 22.7. The Labute approximate surface area is 195 Å². The first-order chi connectivity index (χ1) is 16.0. The Kier molecular flexibility index (Phi) is 6.83. The van der Waals surface area contributed by atoms with E-state index in [1.807, 2.05) is 43.5 Å². The number of benzene rings is 2. The molecule has 2 aromatic carbocycles. The molecular formula is C23H25N5O4S. The highest BCUT2D eigenvalue weighted by Crippen LogP contribution is 2.34. The largest absolute Gasteiger partial charge is 0.454 e. The molecule has 0 saturated carbocycles.